The number of benzene rings is 1. The van der Waals surface area contributed by atoms with Gasteiger partial charge in [0, 0.05) is 43.5 Å². The highest BCUT2D eigenvalue weighted by atomic mass is 32.1. The molecule has 3 heterocycles. The normalized spacial score (nSPS) is 14.8. The fourth-order valence-electron chi connectivity index (χ4n) is 3.43. The van der Waals surface area contributed by atoms with E-state index in [1.165, 1.54) is 5.56 Å². The van der Waals surface area contributed by atoms with Crippen molar-refractivity contribution in [2.24, 2.45) is 5.73 Å². The molecule has 1 fully saturated rings. The minimum Gasteiger partial charge on any atom is -0.363 e. The van der Waals surface area contributed by atoms with Crippen LogP contribution in [0.1, 0.15) is 25.7 Å². The Morgan fingerprint density at radius 3 is 2.41 bits per heavy atom. The van der Waals surface area contributed by atoms with E-state index in [1.807, 2.05) is 18.2 Å². The van der Waals surface area contributed by atoms with Crippen molar-refractivity contribution in [3.05, 3.63) is 64.0 Å². The summed E-state index contributed by atoms with van der Waals surface area (Å²) in [5.74, 6) is -1.98. The van der Waals surface area contributed by atoms with E-state index in [9.17, 15) is 14.4 Å². The average Bonchev–Trinajstić information content (AvgIpc) is 3.17. The Labute approximate surface area is 171 Å². The molecule has 2 N–H and O–H groups in total. The van der Waals surface area contributed by atoms with Gasteiger partial charge in [-0.3, -0.25) is 19.3 Å². The number of carbonyl (C=O) groups excluding carboxylic acids is 3. The van der Waals surface area contributed by atoms with Gasteiger partial charge in [0.15, 0.2) is 0 Å². The molecule has 8 heteroatoms. The first kappa shape index (κ1) is 19.2. The van der Waals surface area contributed by atoms with E-state index in [1.54, 1.807) is 22.4 Å². The number of rotatable bonds is 5. The summed E-state index contributed by atoms with van der Waals surface area (Å²) in [7, 11) is 0. The lowest BCUT2D eigenvalue weighted by atomic mass is 10.2. The Balaban J connectivity index is 1.46. The molecule has 0 saturated carbocycles. The third-order valence-corrected chi connectivity index (χ3v) is 5.99. The second kappa shape index (κ2) is 8.10. The van der Waals surface area contributed by atoms with Crippen LogP contribution < -0.4 is 5.73 Å². The SMILES string of the molecule is NC(=O)C(=O)c1scc2ccc(C(=O)N3CCN(Cc4ccccc4)CC3)nc12. The number of carbonyl (C=O) groups is 3. The number of pyridine rings is 1. The summed E-state index contributed by atoms with van der Waals surface area (Å²) in [5.41, 5.74) is 6.99. The van der Waals surface area contributed by atoms with Gasteiger partial charge in [-0.25, -0.2) is 4.98 Å². The molecule has 2 amide bonds. The number of hydrogen-bond donors (Lipinski definition) is 1. The summed E-state index contributed by atoms with van der Waals surface area (Å²) in [4.78, 5) is 44.8. The van der Waals surface area contributed by atoms with Crippen molar-refractivity contribution in [3.63, 3.8) is 0 Å². The van der Waals surface area contributed by atoms with Gasteiger partial charge in [0.25, 0.3) is 17.6 Å². The molecule has 1 aliphatic rings. The minimum atomic E-state index is -1.03. The summed E-state index contributed by atoms with van der Waals surface area (Å²) in [6.07, 6.45) is 0. The number of ketones is 1. The molecule has 0 aliphatic carbocycles. The first-order chi connectivity index (χ1) is 14.0. The summed E-state index contributed by atoms with van der Waals surface area (Å²) in [5, 5.41) is 2.44. The van der Waals surface area contributed by atoms with Gasteiger partial charge in [-0.05, 0) is 17.7 Å². The van der Waals surface area contributed by atoms with Crippen molar-refractivity contribution in [2.75, 3.05) is 26.2 Å². The minimum absolute atomic E-state index is 0.171. The number of thiophene rings is 1. The third kappa shape index (κ3) is 4.03. The molecule has 148 valence electrons. The lowest BCUT2D eigenvalue weighted by Crippen LogP contribution is -2.48. The van der Waals surface area contributed by atoms with E-state index in [-0.39, 0.29) is 16.5 Å². The van der Waals surface area contributed by atoms with Gasteiger partial charge in [-0.15, -0.1) is 11.3 Å². The maximum absolute atomic E-state index is 12.9. The molecule has 0 radical (unpaired) electrons. The van der Waals surface area contributed by atoms with Gasteiger partial charge < -0.3 is 10.6 Å². The molecule has 2 aromatic heterocycles. The lowest BCUT2D eigenvalue weighted by Gasteiger charge is -2.34. The predicted molar refractivity (Wildman–Crippen MR) is 111 cm³/mol. The van der Waals surface area contributed by atoms with Crippen molar-refractivity contribution < 1.29 is 14.4 Å². The molecule has 0 unspecified atom stereocenters. The molecule has 7 nitrogen and oxygen atoms in total. The average molecular weight is 408 g/mol. The second-order valence-electron chi connectivity index (χ2n) is 6.95. The third-order valence-electron chi connectivity index (χ3n) is 5.00. The fourth-order valence-corrected chi connectivity index (χ4v) is 4.35. The van der Waals surface area contributed by atoms with Gasteiger partial charge in [0.2, 0.25) is 0 Å². The van der Waals surface area contributed by atoms with E-state index in [0.717, 1.165) is 31.0 Å². The molecule has 0 atom stereocenters. The van der Waals surface area contributed by atoms with Crippen LogP contribution >= 0.6 is 11.3 Å². The summed E-state index contributed by atoms with van der Waals surface area (Å²) >= 11 is 1.11. The Bertz CT molecular complexity index is 1070. The molecule has 29 heavy (non-hydrogen) atoms. The Hall–Kier alpha value is -3.10. The van der Waals surface area contributed by atoms with E-state index in [4.69, 9.17) is 5.73 Å². The highest BCUT2D eigenvalue weighted by molar-refractivity contribution is 7.14. The quantitative estimate of drug-likeness (QED) is 0.514. The first-order valence-electron chi connectivity index (χ1n) is 9.31. The Morgan fingerprint density at radius 1 is 1.00 bits per heavy atom. The van der Waals surface area contributed by atoms with Crippen molar-refractivity contribution in [1.82, 2.24) is 14.8 Å². The van der Waals surface area contributed by atoms with Gasteiger partial charge in [-0.2, -0.15) is 0 Å². The van der Waals surface area contributed by atoms with Crippen LogP contribution in [0.3, 0.4) is 0 Å². The zero-order valence-electron chi connectivity index (χ0n) is 15.7. The van der Waals surface area contributed by atoms with Crippen molar-refractivity contribution in [2.45, 2.75) is 6.54 Å². The van der Waals surface area contributed by atoms with Crippen molar-refractivity contribution in [3.8, 4) is 0 Å². The van der Waals surface area contributed by atoms with Crippen LogP contribution in [-0.4, -0.2) is 58.6 Å². The zero-order chi connectivity index (χ0) is 20.4. The number of piperazine rings is 1. The van der Waals surface area contributed by atoms with Crippen LogP contribution in [0.25, 0.3) is 10.9 Å². The monoisotopic (exact) mass is 408 g/mol. The number of nitrogens with two attached hydrogens (primary N) is 1. The summed E-state index contributed by atoms with van der Waals surface area (Å²) in [6, 6.07) is 13.7. The van der Waals surface area contributed by atoms with Crippen LogP contribution in [0.5, 0.6) is 0 Å². The number of fused-ring (bicyclic) bond motifs is 1. The summed E-state index contributed by atoms with van der Waals surface area (Å²) in [6.45, 7) is 3.66. The molecular formula is C21H20N4O3S. The van der Waals surface area contributed by atoms with Gasteiger partial charge >= 0.3 is 0 Å². The number of nitrogens with zero attached hydrogens (tertiary/aromatic N) is 3. The number of primary amides is 1. The van der Waals surface area contributed by atoms with E-state index in [2.05, 4.69) is 22.0 Å². The second-order valence-corrected chi connectivity index (χ2v) is 7.83. The number of hydrogen-bond acceptors (Lipinski definition) is 6. The molecule has 3 aromatic rings. The molecule has 1 aromatic carbocycles. The van der Waals surface area contributed by atoms with Crippen LogP contribution in [0.2, 0.25) is 0 Å². The maximum atomic E-state index is 12.9. The van der Waals surface area contributed by atoms with Crippen LogP contribution in [0.4, 0.5) is 0 Å². The standard InChI is InChI=1S/C21H20N4O3S/c22-20(27)18(26)19-17-15(13-29-19)6-7-16(23-17)21(28)25-10-8-24(9-11-25)12-14-4-2-1-3-5-14/h1-7,13H,8-12H2,(H2,22,27). The van der Waals surface area contributed by atoms with Crippen LogP contribution in [0, 0.1) is 0 Å². The van der Waals surface area contributed by atoms with Gasteiger partial charge in [0.1, 0.15) is 10.6 Å². The van der Waals surface area contributed by atoms with Crippen molar-refractivity contribution in [1.29, 1.82) is 0 Å². The molecular weight excluding hydrogens is 388 g/mol. The van der Waals surface area contributed by atoms with Crippen molar-refractivity contribution >= 4 is 39.8 Å². The zero-order valence-corrected chi connectivity index (χ0v) is 16.5. The van der Waals surface area contributed by atoms with Gasteiger partial charge in [0.05, 0.1) is 5.52 Å². The number of amides is 2. The Kier molecular flexibility index (Phi) is 5.37. The summed E-state index contributed by atoms with van der Waals surface area (Å²) < 4.78 is 0. The highest BCUT2D eigenvalue weighted by Crippen LogP contribution is 2.25. The number of Topliss-reactive ketones (excluding diaryl/α,β-unsaturated/α-hetero) is 1. The first-order valence-corrected chi connectivity index (χ1v) is 10.2. The highest BCUT2D eigenvalue weighted by Gasteiger charge is 2.25. The molecule has 1 saturated heterocycles. The molecule has 0 spiro atoms. The van der Waals surface area contributed by atoms with Crippen LogP contribution in [-0.2, 0) is 11.3 Å². The molecule has 0 bridgehead atoms. The fraction of sp³-hybridized carbons (Fsp3) is 0.238. The maximum Gasteiger partial charge on any atom is 0.290 e. The van der Waals surface area contributed by atoms with Gasteiger partial charge in [-0.1, -0.05) is 30.3 Å². The van der Waals surface area contributed by atoms with E-state index < -0.39 is 11.7 Å². The predicted octanol–water partition coefficient (Wildman–Crippen LogP) is 1.92. The largest absolute Gasteiger partial charge is 0.363 e. The topological polar surface area (TPSA) is 96.6 Å². The van der Waals surface area contributed by atoms with E-state index in [0.29, 0.717) is 24.0 Å². The van der Waals surface area contributed by atoms with Crippen LogP contribution in [0.15, 0.2) is 47.8 Å². The molecule has 4 rings (SSSR count). The molecule has 1 aliphatic heterocycles. The van der Waals surface area contributed by atoms with E-state index >= 15 is 0 Å². The smallest absolute Gasteiger partial charge is 0.290 e. The Morgan fingerprint density at radius 2 is 1.72 bits per heavy atom. The number of aromatic nitrogens is 1. The lowest BCUT2D eigenvalue weighted by molar-refractivity contribution is -0.114.